The Morgan fingerprint density at radius 1 is 0.923 bits per heavy atom. The number of nitrogens with zero attached hydrogens (tertiary/aromatic N) is 1. The molecule has 204 valence electrons. The van der Waals surface area contributed by atoms with Gasteiger partial charge < -0.3 is 24.4 Å². The molecule has 7 nitrogen and oxygen atoms in total. The molecule has 1 N–H and O–H groups in total. The van der Waals surface area contributed by atoms with Crippen LogP contribution in [0.25, 0.3) is 0 Å². The third-order valence-electron chi connectivity index (χ3n) is 6.95. The lowest BCUT2D eigenvalue weighted by molar-refractivity contribution is -0.126. The van der Waals surface area contributed by atoms with Crippen molar-refractivity contribution in [2.45, 2.75) is 44.4 Å². The minimum atomic E-state index is -0.760. The molecular formula is C32H36N2O5. The van der Waals surface area contributed by atoms with Crippen LogP contribution in [0.4, 0.5) is 0 Å². The Balaban J connectivity index is 1.76. The van der Waals surface area contributed by atoms with E-state index in [9.17, 15) is 9.59 Å². The number of nitrogens with one attached hydrogen (secondary N) is 1. The molecule has 1 aliphatic rings. The van der Waals surface area contributed by atoms with Crippen LogP contribution in [-0.4, -0.2) is 50.1 Å². The molecule has 2 amide bonds. The number of para-hydroxylation sites is 1. The fourth-order valence-electron chi connectivity index (χ4n) is 4.74. The van der Waals surface area contributed by atoms with Gasteiger partial charge in [0.2, 0.25) is 5.91 Å². The second-order valence-corrected chi connectivity index (χ2v) is 9.66. The van der Waals surface area contributed by atoms with Crippen molar-refractivity contribution < 1.29 is 23.8 Å². The zero-order valence-corrected chi connectivity index (χ0v) is 22.9. The van der Waals surface area contributed by atoms with Gasteiger partial charge in [-0.1, -0.05) is 54.6 Å². The van der Waals surface area contributed by atoms with Gasteiger partial charge in [-0.2, -0.15) is 0 Å². The predicted octanol–water partition coefficient (Wildman–Crippen LogP) is 5.36. The summed E-state index contributed by atoms with van der Waals surface area (Å²) in [6.07, 6.45) is 5.49. The van der Waals surface area contributed by atoms with Gasteiger partial charge in [0.15, 0.2) is 0 Å². The van der Waals surface area contributed by atoms with Crippen LogP contribution in [-0.2, 0) is 11.2 Å². The van der Waals surface area contributed by atoms with Crippen LogP contribution < -0.4 is 19.5 Å². The summed E-state index contributed by atoms with van der Waals surface area (Å²) >= 11 is 0. The van der Waals surface area contributed by atoms with Crippen LogP contribution in [0.1, 0.15) is 47.3 Å². The highest BCUT2D eigenvalue weighted by Gasteiger charge is 2.31. The summed E-state index contributed by atoms with van der Waals surface area (Å²) in [5, 5.41) is 3.22. The largest absolute Gasteiger partial charge is 0.497 e. The maximum atomic E-state index is 14.0. The summed E-state index contributed by atoms with van der Waals surface area (Å²) in [5.41, 5.74) is 2.20. The molecule has 1 aliphatic heterocycles. The smallest absolute Gasteiger partial charge is 0.258 e. The Morgan fingerprint density at radius 3 is 2.38 bits per heavy atom. The summed E-state index contributed by atoms with van der Waals surface area (Å²) in [6.45, 7) is 1.98. The molecule has 0 saturated heterocycles. The molecule has 3 aromatic rings. The number of hydrogen-bond acceptors (Lipinski definition) is 5. The van der Waals surface area contributed by atoms with Crippen LogP contribution in [0.3, 0.4) is 0 Å². The molecule has 39 heavy (non-hydrogen) atoms. The summed E-state index contributed by atoms with van der Waals surface area (Å²) in [6, 6.07) is 21.3. The third kappa shape index (κ3) is 6.79. The van der Waals surface area contributed by atoms with E-state index in [1.807, 2.05) is 67.6 Å². The normalized spacial score (nSPS) is 21.1. The number of benzene rings is 3. The lowest BCUT2D eigenvalue weighted by Crippen LogP contribution is -2.49. The van der Waals surface area contributed by atoms with E-state index < -0.39 is 6.04 Å². The molecule has 0 saturated carbocycles. The SMILES string of the molecule is COc1ccc([C@H]2C/C=C/C[C@H](C)Oc3ccccc3C(=O)N(C)[C@H](Cc3ccccc3)C(=O)N2)c(OC)c1. The van der Waals surface area contributed by atoms with Crippen LogP contribution in [0.15, 0.2) is 84.9 Å². The number of methoxy groups -OCH3 is 2. The first-order chi connectivity index (χ1) is 18.9. The lowest BCUT2D eigenvalue weighted by atomic mass is 9.98. The quantitative estimate of drug-likeness (QED) is 0.451. The van der Waals surface area contributed by atoms with Crippen molar-refractivity contribution in [3.05, 3.63) is 102 Å². The number of amides is 2. The topological polar surface area (TPSA) is 77.1 Å². The second kappa shape index (κ2) is 13.0. The van der Waals surface area contributed by atoms with E-state index in [2.05, 4.69) is 5.32 Å². The minimum absolute atomic E-state index is 0.146. The van der Waals surface area contributed by atoms with Gasteiger partial charge in [0.25, 0.3) is 5.91 Å². The van der Waals surface area contributed by atoms with Crippen molar-refractivity contribution in [2.24, 2.45) is 0 Å². The van der Waals surface area contributed by atoms with Crippen LogP contribution in [0.2, 0.25) is 0 Å². The molecular weight excluding hydrogens is 492 g/mol. The van der Waals surface area contributed by atoms with Gasteiger partial charge >= 0.3 is 0 Å². The Kier molecular flexibility index (Phi) is 9.26. The number of likely N-dealkylation sites (N-methyl/N-ethyl adjacent to an activating group) is 1. The Morgan fingerprint density at radius 2 is 1.64 bits per heavy atom. The van der Waals surface area contributed by atoms with Gasteiger partial charge in [-0.15, -0.1) is 0 Å². The first kappa shape index (κ1) is 27.8. The van der Waals surface area contributed by atoms with Crippen molar-refractivity contribution in [1.82, 2.24) is 10.2 Å². The molecule has 0 aliphatic carbocycles. The van der Waals surface area contributed by atoms with Gasteiger partial charge in [-0.3, -0.25) is 9.59 Å². The number of ether oxygens (including phenoxy) is 3. The van der Waals surface area contributed by atoms with Gasteiger partial charge in [-0.05, 0) is 43.2 Å². The van der Waals surface area contributed by atoms with Crippen molar-refractivity contribution in [3.63, 3.8) is 0 Å². The lowest BCUT2D eigenvalue weighted by Gasteiger charge is -2.31. The van der Waals surface area contributed by atoms with E-state index in [4.69, 9.17) is 14.2 Å². The Hall–Kier alpha value is -4.26. The van der Waals surface area contributed by atoms with Crippen LogP contribution >= 0.6 is 0 Å². The zero-order valence-electron chi connectivity index (χ0n) is 22.9. The monoisotopic (exact) mass is 528 g/mol. The number of rotatable bonds is 5. The van der Waals surface area contributed by atoms with E-state index in [1.165, 1.54) is 4.90 Å². The molecule has 3 aromatic carbocycles. The first-order valence-corrected chi connectivity index (χ1v) is 13.1. The summed E-state index contributed by atoms with van der Waals surface area (Å²) < 4.78 is 17.2. The molecule has 0 aromatic heterocycles. The Bertz CT molecular complexity index is 1310. The molecule has 1 heterocycles. The van der Waals surface area contributed by atoms with Crippen molar-refractivity contribution >= 4 is 11.8 Å². The van der Waals surface area contributed by atoms with E-state index >= 15 is 0 Å². The van der Waals surface area contributed by atoms with E-state index in [0.717, 1.165) is 11.1 Å². The number of carbonyl (C=O) groups excluding carboxylic acids is 2. The maximum absolute atomic E-state index is 14.0. The number of carbonyl (C=O) groups is 2. The number of hydrogen-bond donors (Lipinski definition) is 1. The van der Waals surface area contributed by atoms with Crippen LogP contribution in [0.5, 0.6) is 17.2 Å². The number of fused-ring (bicyclic) bond motifs is 1. The predicted molar refractivity (Wildman–Crippen MR) is 151 cm³/mol. The fourth-order valence-corrected chi connectivity index (χ4v) is 4.74. The molecule has 0 bridgehead atoms. The highest BCUT2D eigenvalue weighted by Crippen LogP contribution is 2.32. The van der Waals surface area contributed by atoms with E-state index in [-0.39, 0.29) is 24.0 Å². The van der Waals surface area contributed by atoms with Gasteiger partial charge in [0.1, 0.15) is 23.3 Å². The van der Waals surface area contributed by atoms with Crippen molar-refractivity contribution in [3.8, 4) is 17.2 Å². The molecule has 0 spiro atoms. The third-order valence-corrected chi connectivity index (χ3v) is 6.95. The van der Waals surface area contributed by atoms with Crippen molar-refractivity contribution in [2.75, 3.05) is 21.3 Å². The maximum Gasteiger partial charge on any atom is 0.258 e. The molecule has 0 unspecified atom stereocenters. The molecule has 3 atom stereocenters. The molecule has 4 rings (SSSR count). The van der Waals surface area contributed by atoms with Gasteiger partial charge in [0.05, 0.1) is 31.9 Å². The molecule has 0 fully saturated rings. The average molecular weight is 529 g/mol. The molecule has 7 heteroatoms. The van der Waals surface area contributed by atoms with Gasteiger partial charge in [-0.25, -0.2) is 0 Å². The summed E-state index contributed by atoms with van der Waals surface area (Å²) in [7, 11) is 4.87. The summed E-state index contributed by atoms with van der Waals surface area (Å²) in [4.78, 5) is 29.3. The second-order valence-electron chi connectivity index (χ2n) is 9.66. The van der Waals surface area contributed by atoms with E-state index in [1.54, 1.807) is 45.5 Å². The zero-order chi connectivity index (χ0) is 27.8. The fraction of sp³-hybridized carbons (Fsp3) is 0.312. The first-order valence-electron chi connectivity index (χ1n) is 13.1. The minimum Gasteiger partial charge on any atom is -0.497 e. The molecule has 0 radical (unpaired) electrons. The van der Waals surface area contributed by atoms with Crippen LogP contribution in [0, 0.1) is 0 Å². The highest BCUT2D eigenvalue weighted by molar-refractivity contribution is 5.99. The Labute approximate surface area is 230 Å². The highest BCUT2D eigenvalue weighted by atomic mass is 16.5. The standard InChI is InChI=1S/C32H36N2O5/c1-22-12-8-10-16-27(25-19-18-24(37-3)21-30(25)38-4)33-31(35)28(20-23-13-6-5-7-14-23)34(2)32(36)26-15-9-11-17-29(26)39-22/h5-11,13-15,17-19,21-22,27-28H,12,16,20H2,1-4H3,(H,33,35)/b10-8+/t22-,27+,28+/m0/s1. The van der Waals surface area contributed by atoms with E-state index in [0.29, 0.717) is 42.1 Å². The van der Waals surface area contributed by atoms with Gasteiger partial charge in [0, 0.05) is 31.5 Å². The average Bonchev–Trinajstić information content (AvgIpc) is 2.96. The van der Waals surface area contributed by atoms with Crippen molar-refractivity contribution in [1.29, 1.82) is 0 Å². The summed E-state index contributed by atoms with van der Waals surface area (Å²) in [5.74, 6) is 1.25.